The van der Waals surface area contributed by atoms with Crippen LogP contribution in [0.5, 0.6) is 0 Å². The van der Waals surface area contributed by atoms with Gasteiger partial charge in [0.05, 0.1) is 17.9 Å². The third kappa shape index (κ3) is 6.54. The summed E-state index contributed by atoms with van der Waals surface area (Å²) in [5.41, 5.74) is 12.5. The van der Waals surface area contributed by atoms with E-state index in [9.17, 15) is 4.79 Å². The molecule has 4 aromatic rings. The quantitative estimate of drug-likeness (QED) is 0.0991. The monoisotopic (exact) mass is 510 g/mol. The molecule has 9 heteroatoms. The van der Waals surface area contributed by atoms with Gasteiger partial charge in [-0.3, -0.25) is 9.78 Å². The molecule has 3 heterocycles. The number of rotatable bonds is 12. The molecule has 1 amide bonds. The highest BCUT2D eigenvalue weighted by Crippen LogP contribution is 2.43. The van der Waals surface area contributed by atoms with Gasteiger partial charge in [-0.15, -0.1) is 5.10 Å². The van der Waals surface area contributed by atoms with Crippen LogP contribution in [0.2, 0.25) is 0 Å². The molecule has 6 N–H and O–H groups in total. The second-order valence-electron chi connectivity index (χ2n) is 9.83. The summed E-state index contributed by atoms with van der Waals surface area (Å²) in [4.78, 5) is 20.0. The molecule has 0 aliphatic heterocycles. The molecule has 3 aromatic heterocycles. The third-order valence-corrected chi connectivity index (χ3v) is 6.78. The van der Waals surface area contributed by atoms with Crippen LogP contribution in [0.15, 0.2) is 72.7 Å². The van der Waals surface area contributed by atoms with Crippen LogP contribution < -0.4 is 16.9 Å². The van der Waals surface area contributed by atoms with Crippen molar-refractivity contribution in [3.8, 4) is 0 Å². The highest BCUT2D eigenvalue weighted by molar-refractivity contribution is 5.92. The molecular weight excluding hydrogens is 476 g/mol. The second kappa shape index (κ2) is 11.9. The number of hydrazine groups is 1. The largest absolute Gasteiger partial charge is 0.393 e. The summed E-state index contributed by atoms with van der Waals surface area (Å²) in [5, 5.41) is 14.4. The first-order valence-corrected chi connectivity index (χ1v) is 13.1. The first-order chi connectivity index (χ1) is 18.6. The summed E-state index contributed by atoms with van der Waals surface area (Å²) in [6.45, 7) is 0.875. The average molecular weight is 511 g/mol. The van der Waals surface area contributed by atoms with Gasteiger partial charge >= 0.3 is 0 Å². The first kappa shape index (κ1) is 25.4. The number of nitrogens with one attached hydrogen (secondary N) is 2. The lowest BCUT2D eigenvalue weighted by atomic mass is 10.00. The minimum absolute atomic E-state index is 0.0598. The van der Waals surface area contributed by atoms with Crippen molar-refractivity contribution >= 4 is 16.9 Å². The van der Waals surface area contributed by atoms with Crippen molar-refractivity contribution in [2.75, 3.05) is 6.54 Å². The zero-order valence-electron chi connectivity index (χ0n) is 21.4. The average Bonchev–Trinajstić information content (AvgIpc) is 3.73. The van der Waals surface area contributed by atoms with Gasteiger partial charge in [0, 0.05) is 30.0 Å². The predicted molar refractivity (Wildman–Crippen MR) is 147 cm³/mol. The lowest BCUT2D eigenvalue weighted by molar-refractivity contribution is -0.117. The molecule has 38 heavy (non-hydrogen) atoms. The number of hydrogen-bond acceptors (Lipinski definition) is 7. The van der Waals surface area contributed by atoms with Gasteiger partial charge in [-0.2, -0.15) is 5.10 Å². The van der Waals surface area contributed by atoms with Crippen LogP contribution in [0.4, 0.5) is 0 Å². The van der Waals surface area contributed by atoms with Crippen molar-refractivity contribution < 1.29 is 4.79 Å². The van der Waals surface area contributed by atoms with E-state index in [1.807, 2.05) is 18.2 Å². The number of nitrogens with two attached hydrogens (primary N) is 2. The Morgan fingerprint density at radius 1 is 1.08 bits per heavy atom. The molecule has 0 saturated heterocycles. The lowest BCUT2D eigenvalue weighted by Crippen LogP contribution is -2.33. The number of hydrogen-bond donors (Lipinski definition) is 4. The van der Waals surface area contributed by atoms with E-state index in [-0.39, 0.29) is 11.6 Å². The van der Waals surface area contributed by atoms with E-state index in [2.05, 4.69) is 61.9 Å². The minimum atomic E-state index is -0.377. The number of carbonyl (C=O) groups excluding carboxylic acids is 1. The Balaban J connectivity index is 1.14. The van der Waals surface area contributed by atoms with E-state index >= 15 is 0 Å². The fourth-order valence-electron chi connectivity index (χ4n) is 4.61. The summed E-state index contributed by atoms with van der Waals surface area (Å²) >= 11 is 0. The fraction of sp³-hybridized carbons (Fsp3) is 0.310. The summed E-state index contributed by atoms with van der Waals surface area (Å²) in [5.74, 6) is 6.29. The number of aromatic nitrogens is 4. The van der Waals surface area contributed by atoms with E-state index in [1.54, 1.807) is 6.20 Å². The van der Waals surface area contributed by atoms with Gasteiger partial charge in [-0.05, 0) is 73.8 Å². The summed E-state index contributed by atoms with van der Waals surface area (Å²) < 4.78 is 0. The maximum atomic E-state index is 12.2. The molecule has 196 valence electrons. The van der Waals surface area contributed by atoms with Gasteiger partial charge < -0.3 is 21.0 Å². The maximum Gasteiger partial charge on any atom is 0.269 e. The number of aryl methyl sites for hydroxylation is 1. The number of benzene rings is 1. The molecule has 9 nitrogen and oxygen atoms in total. The minimum Gasteiger partial charge on any atom is -0.393 e. The topological polar surface area (TPSA) is 139 Å². The van der Waals surface area contributed by atoms with Crippen molar-refractivity contribution in [2.24, 2.45) is 11.6 Å². The molecule has 1 aromatic carbocycles. The van der Waals surface area contributed by atoms with Crippen LogP contribution in [-0.2, 0) is 24.2 Å². The van der Waals surface area contributed by atoms with Gasteiger partial charge in [-0.25, -0.2) is 5.84 Å². The van der Waals surface area contributed by atoms with Crippen molar-refractivity contribution in [3.63, 3.8) is 0 Å². The molecule has 0 spiro atoms. The Bertz CT molecular complexity index is 1400. The highest BCUT2D eigenvalue weighted by atomic mass is 16.2. The smallest absolute Gasteiger partial charge is 0.269 e. The van der Waals surface area contributed by atoms with Crippen LogP contribution in [0.1, 0.15) is 59.8 Å². The number of unbranched alkanes of at least 4 members (excludes halogenated alkanes) is 1. The molecular formula is C29H34N8O. The predicted octanol–water partition coefficient (Wildman–Crippen LogP) is 3.44. The Morgan fingerprint density at radius 2 is 1.89 bits per heavy atom. The van der Waals surface area contributed by atoms with Crippen LogP contribution in [0, 0.1) is 0 Å². The SMILES string of the molecule is N/C(=C\N(N)CCCCc1cc2c(Cc3ccccc3)c(C3CC3)[nH]c2nn1)C(=O)NCc1ccccn1. The number of pyridine rings is 1. The Kier molecular flexibility index (Phi) is 7.94. The van der Waals surface area contributed by atoms with Gasteiger partial charge in [0.25, 0.3) is 5.91 Å². The molecule has 0 atom stereocenters. The van der Waals surface area contributed by atoms with E-state index in [0.29, 0.717) is 19.0 Å². The van der Waals surface area contributed by atoms with Crippen molar-refractivity contribution in [3.05, 3.63) is 101 Å². The normalized spacial score (nSPS) is 13.6. The third-order valence-electron chi connectivity index (χ3n) is 6.78. The Labute approximate surface area is 222 Å². The van der Waals surface area contributed by atoms with Crippen molar-refractivity contribution in [1.29, 1.82) is 0 Å². The van der Waals surface area contributed by atoms with Gasteiger partial charge in [-0.1, -0.05) is 36.4 Å². The highest BCUT2D eigenvalue weighted by Gasteiger charge is 2.29. The van der Waals surface area contributed by atoms with E-state index in [1.165, 1.54) is 46.3 Å². The van der Waals surface area contributed by atoms with Crippen molar-refractivity contribution in [2.45, 2.75) is 51.0 Å². The van der Waals surface area contributed by atoms with Gasteiger partial charge in [0.2, 0.25) is 0 Å². The number of carbonyl (C=O) groups is 1. The van der Waals surface area contributed by atoms with Crippen LogP contribution in [0.25, 0.3) is 11.0 Å². The zero-order valence-corrected chi connectivity index (χ0v) is 21.4. The summed E-state index contributed by atoms with van der Waals surface area (Å²) in [6, 6.07) is 18.3. The first-order valence-electron chi connectivity index (χ1n) is 13.1. The summed E-state index contributed by atoms with van der Waals surface area (Å²) in [6.07, 6.45) is 9.02. The van der Waals surface area contributed by atoms with Crippen LogP contribution in [-0.4, -0.2) is 37.6 Å². The van der Waals surface area contributed by atoms with Crippen LogP contribution in [0.3, 0.4) is 0 Å². The van der Waals surface area contributed by atoms with E-state index in [0.717, 1.165) is 42.7 Å². The molecule has 1 saturated carbocycles. The second-order valence-corrected chi connectivity index (χ2v) is 9.83. The zero-order chi connectivity index (χ0) is 26.3. The molecule has 1 fully saturated rings. The van der Waals surface area contributed by atoms with Crippen LogP contribution >= 0.6 is 0 Å². The molecule has 0 radical (unpaired) electrons. The standard InChI is InChI=1S/C29H34N8O/c30-26(29(38)33-18-23-11-4-6-14-32-23)19-37(31)15-7-5-10-22-17-25-24(16-20-8-2-1-3-9-20)27(21-12-13-21)34-28(25)36-35-22/h1-4,6,8-9,11,14,17,19,21H,5,7,10,12-13,15-16,18,30-31H2,(H,33,38)(H,34,36)/b26-19-. The van der Waals surface area contributed by atoms with E-state index < -0.39 is 0 Å². The lowest BCUT2D eigenvalue weighted by Gasteiger charge is -2.14. The van der Waals surface area contributed by atoms with Crippen molar-refractivity contribution in [1.82, 2.24) is 30.5 Å². The molecule has 0 bridgehead atoms. The fourth-order valence-corrected chi connectivity index (χ4v) is 4.61. The maximum absolute atomic E-state index is 12.2. The van der Waals surface area contributed by atoms with Gasteiger partial charge in [0.1, 0.15) is 5.70 Å². The molecule has 5 rings (SSSR count). The number of fused-ring (bicyclic) bond motifs is 1. The Hall–Kier alpha value is -4.24. The number of amides is 1. The molecule has 1 aliphatic rings. The summed E-state index contributed by atoms with van der Waals surface area (Å²) in [7, 11) is 0. The van der Waals surface area contributed by atoms with E-state index in [4.69, 9.17) is 11.6 Å². The van der Waals surface area contributed by atoms with Gasteiger partial charge in [0.15, 0.2) is 5.65 Å². The number of nitrogens with zero attached hydrogens (tertiary/aromatic N) is 4. The number of H-pyrrole nitrogens is 1. The number of aromatic amines is 1. The molecule has 1 aliphatic carbocycles. The Morgan fingerprint density at radius 3 is 2.66 bits per heavy atom. The molecule has 0 unspecified atom stereocenters.